The zero-order chi connectivity index (χ0) is 13.3. The Balaban J connectivity index is 2.69. The van der Waals surface area contributed by atoms with Crippen LogP contribution in [0.15, 0.2) is 30.3 Å². The minimum Gasteiger partial charge on any atom is -0.555 e. The van der Waals surface area contributed by atoms with E-state index >= 15 is 0 Å². The lowest BCUT2D eigenvalue weighted by molar-refractivity contribution is -0.131. The molecular weight excluding hydrogens is 255 g/mol. The first-order valence-electron chi connectivity index (χ1n) is 5.14. The lowest BCUT2D eigenvalue weighted by atomic mass is 9.75. The third-order valence-corrected chi connectivity index (χ3v) is 3.74. The minimum atomic E-state index is -3.65. The first-order chi connectivity index (χ1) is 8.39. The Morgan fingerprint density at radius 2 is 1.89 bits per heavy atom. The van der Waals surface area contributed by atoms with Gasteiger partial charge in [0.25, 0.3) is 0 Å². The molecule has 2 aromatic rings. The second-order valence-corrected chi connectivity index (χ2v) is 4.87. The van der Waals surface area contributed by atoms with Crippen LogP contribution in [0.2, 0.25) is 0 Å². The second kappa shape index (κ2) is 4.54. The molecule has 0 bridgehead atoms. The summed E-state index contributed by atoms with van der Waals surface area (Å²) in [7, 11) is 0. The first-order valence-corrected chi connectivity index (χ1v) is 5.95. The fourth-order valence-corrected chi connectivity index (χ4v) is 2.82. The van der Waals surface area contributed by atoms with Gasteiger partial charge in [-0.05, 0) is 23.1 Å². The summed E-state index contributed by atoms with van der Waals surface area (Å²) in [6.45, 7) is -3.65. The van der Waals surface area contributed by atoms with E-state index in [1.165, 1.54) is 6.08 Å². The van der Waals surface area contributed by atoms with Crippen LogP contribution < -0.4 is 4.78 Å². The Kier molecular flexibility index (Phi) is 3.23. The summed E-state index contributed by atoms with van der Waals surface area (Å²) in [6, 6.07) is 6.99. The molecule has 0 atom stereocenters. The highest BCUT2D eigenvalue weighted by molar-refractivity contribution is 7.29. The number of carbonyl (C=O) groups is 1. The van der Waals surface area contributed by atoms with Crippen LogP contribution in [-0.2, 0) is 4.79 Å². The van der Waals surface area contributed by atoms with Gasteiger partial charge < -0.3 is 20.2 Å². The minimum absolute atomic E-state index is 0.0475. The molecule has 0 amide bonds. The van der Waals surface area contributed by atoms with Crippen molar-refractivity contribution in [1.82, 2.24) is 0 Å². The molecule has 4 N–H and O–H groups in total. The number of carboxylic acids is 1. The maximum atomic E-state index is 10.5. The molecule has 18 heavy (non-hydrogen) atoms. The highest BCUT2D eigenvalue weighted by atomic mass is 32.1. The van der Waals surface area contributed by atoms with Crippen molar-refractivity contribution in [2.24, 2.45) is 0 Å². The standard InChI is InChI=1S/C11H10BO5S/c13-10(14)6-5-8-7-3-1-2-4-9(7)18-11(8)12(15,16)17/h1-6,15-17H,(H,13,14)/q-1/b6-5+. The van der Waals surface area contributed by atoms with E-state index in [-0.39, 0.29) is 4.78 Å². The van der Waals surface area contributed by atoms with E-state index < -0.39 is 12.7 Å². The van der Waals surface area contributed by atoms with Crippen molar-refractivity contribution in [1.29, 1.82) is 0 Å². The van der Waals surface area contributed by atoms with E-state index in [0.717, 1.165) is 22.1 Å². The van der Waals surface area contributed by atoms with Gasteiger partial charge >= 0.3 is 12.7 Å². The van der Waals surface area contributed by atoms with Gasteiger partial charge in [0.15, 0.2) is 0 Å². The Morgan fingerprint density at radius 3 is 2.50 bits per heavy atom. The predicted molar refractivity (Wildman–Crippen MR) is 70.5 cm³/mol. The van der Waals surface area contributed by atoms with E-state index in [4.69, 9.17) is 5.11 Å². The number of thiophene rings is 1. The van der Waals surface area contributed by atoms with E-state index in [2.05, 4.69) is 0 Å². The van der Waals surface area contributed by atoms with Gasteiger partial charge in [-0.1, -0.05) is 23.0 Å². The number of rotatable bonds is 3. The van der Waals surface area contributed by atoms with Gasteiger partial charge in [0.1, 0.15) is 0 Å². The average molecular weight is 265 g/mol. The Hall–Kier alpha value is -1.67. The van der Waals surface area contributed by atoms with E-state index in [0.29, 0.717) is 10.9 Å². The molecule has 0 aliphatic heterocycles. The van der Waals surface area contributed by atoms with E-state index in [1.54, 1.807) is 24.3 Å². The highest BCUT2D eigenvalue weighted by Gasteiger charge is 2.24. The SMILES string of the molecule is O=C(O)/C=C/c1c([B-](O)(O)O)sc2ccccc12. The normalized spacial score (nSPS) is 12.4. The maximum Gasteiger partial charge on any atom is 0.412 e. The number of hydrogen-bond acceptors (Lipinski definition) is 5. The molecule has 2 rings (SSSR count). The summed E-state index contributed by atoms with van der Waals surface area (Å²) in [5.41, 5.74) is 0.311. The predicted octanol–water partition coefficient (Wildman–Crippen LogP) is 0.122. The Bertz CT molecular complexity index is 626. The summed E-state index contributed by atoms with van der Waals surface area (Å²) in [4.78, 5) is 10.5. The second-order valence-electron chi connectivity index (χ2n) is 3.78. The lowest BCUT2D eigenvalue weighted by Gasteiger charge is -2.20. The van der Waals surface area contributed by atoms with Gasteiger partial charge in [0, 0.05) is 10.8 Å². The molecular formula is C11H10BO5S-. The largest absolute Gasteiger partial charge is 0.555 e. The van der Waals surface area contributed by atoms with E-state index in [1.807, 2.05) is 0 Å². The van der Waals surface area contributed by atoms with Crippen molar-refractivity contribution < 1.29 is 25.0 Å². The molecule has 0 unspecified atom stereocenters. The number of benzene rings is 1. The van der Waals surface area contributed by atoms with Crippen molar-refractivity contribution in [3.8, 4) is 0 Å². The summed E-state index contributed by atoms with van der Waals surface area (Å²) >= 11 is 1.02. The third-order valence-electron chi connectivity index (χ3n) is 2.41. The summed E-state index contributed by atoms with van der Waals surface area (Å²) in [5.74, 6) is -1.15. The summed E-state index contributed by atoms with van der Waals surface area (Å²) in [6.07, 6.45) is 2.13. The lowest BCUT2D eigenvalue weighted by Crippen LogP contribution is -2.48. The molecule has 0 fully saturated rings. The van der Waals surface area contributed by atoms with Crippen LogP contribution in [0.3, 0.4) is 0 Å². The number of aliphatic carboxylic acids is 1. The van der Waals surface area contributed by atoms with Gasteiger partial charge in [-0.3, -0.25) is 0 Å². The third kappa shape index (κ3) is 2.44. The van der Waals surface area contributed by atoms with Crippen LogP contribution in [0.25, 0.3) is 16.2 Å². The monoisotopic (exact) mass is 265 g/mol. The van der Waals surface area contributed by atoms with Crippen LogP contribution in [0.1, 0.15) is 5.56 Å². The fraction of sp³-hybridized carbons (Fsp3) is 0. The summed E-state index contributed by atoms with van der Waals surface area (Å²) < 4.78 is 0.689. The number of carboxylic acid groups (broad SMARTS) is 1. The van der Waals surface area contributed by atoms with Gasteiger partial charge in [-0.25, -0.2) is 4.79 Å². The van der Waals surface area contributed by atoms with Crippen molar-refractivity contribution in [2.75, 3.05) is 0 Å². The molecule has 0 saturated heterocycles. The Labute approximate surface area is 106 Å². The highest BCUT2D eigenvalue weighted by Crippen LogP contribution is 2.26. The van der Waals surface area contributed by atoms with Crippen molar-refractivity contribution in [2.45, 2.75) is 0 Å². The van der Waals surface area contributed by atoms with Crippen molar-refractivity contribution >= 4 is 45.0 Å². The van der Waals surface area contributed by atoms with Crippen LogP contribution in [0.4, 0.5) is 0 Å². The smallest absolute Gasteiger partial charge is 0.412 e. The molecule has 0 spiro atoms. The molecule has 1 aromatic heterocycles. The quantitative estimate of drug-likeness (QED) is 0.467. The molecule has 94 valence electrons. The molecule has 1 heterocycles. The number of hydrogen-bond donors (Lipinski definition) is 4. The van der Waals surface area contributed by atoms with Crippen LogP contribution in [0, 0.1) is 0 Å². The van der Waals surface area contributed by atoms with Crippen LogP contribution >= 0.6 is 11.3 Å². The zero-order valence-electron chi connectivity index (χ0n) is 9.15. The molecule has 0 saturated carbocycles. The van der Waals surface area contributed by atoms with Gasteiger partial charge in [-0.2, -0.15) is 11.3 Å². The first kappa shape index (κ1) is 12.8. The van der Waals surface area contributed by atoms with Crippen molar-refractivity contribution in [3.05, 3.63) is 35.9 Å². The molecule has 0 aliphatic rings. The van der Waals surface area contributed by atoms with Crippen molar-refractivity contribution in [3.63, 3.8) is 0 Å². The number of fused-ring (bicyclic) bond motifs is 1. The van der Waals surface area contributed by atoms with Gasteiger partial charge in [0.2, 0.25) is 0 Å². The molecule has 0 aliphatic carbocycles. The maximum absolute atomic E-state index is 10.5. The topological polar surface area (TPSA) is 98.0 Å². The van der Waals surface area contributed by atoms with E-state index in [9.17, 15) is 19.9 Å². The van der Waals surface area contributed by atoms with Gasteiger partial charge in [0.05, 0.1) is 0 Å². The molecule has 1 aromatic carbocycles. The zero-order valence-corrected chi connectivity index (χ0v) is 9.96. The van der Waals surface area contributed by atoms with Gasteiger partial charge in [-0.15, -0.1) is 0 Å². The average Bonchev–Trinajstić information content (AvgIpc) is 2.64. The van der Waals surface area contributed by atoms with Crippen LogP contribution in [-0.4, -0.2) is 32.9 Å². The van der Waals surface area contributed by atoms with Crippen LogP contribution in [0.5, 0.6) is 0 Å². The molecule has 0 radical (unpaired) electrons. The molecule has 7 heteroatoms. The molecule has 5 nitrogen and oxygen atoms in total. The Morgan fingerprint density at radius 1 is 1.22 bits per heavy atom. The fourth-order valence-electron chi connectivity index (χ4n) is 1.70. The summed E-state index contributed by atoms with van der Waals surface area (Å²) in [5, 5.41) is 37.3.